The van der Waals surface area contributed by atoms with Crippen LogP contribution in [0.2, 0.25) is 0 Å². The van der Waals surface area contributed by atoms with E-state index < -0.39 is 0 Å². The molecule has 3 heterocycles. The van der Waals surface area contributed by atoms with Crippen molar-refractivity contribution in [2.45, 2.75) is 31.8 Å². The van der Waals surface area contributed by atoms with Crippen molar-refractivity contribution in [3.8, 4) is 10.6 Å². The summed E-state index contributed by atoms with van der Waals surface area (Å²) in [6.45, 7) is 5.68. The molecule has 4 nitrogen and oxygen atoms in total. The Balaban J connectivity index is 1.61. The Morgan fingerprint density at radius 2 is 2.15 bits per heavy atom. The average Bonchev–Trinajstić information content (AvgIpc) is 3.32. The highest BCUT2D eigenvalue weighted by atomic mass is 32.1. The van der Waals surface area contributed by atoms with Crippen LogP contribution in [0.5, 0.6) is 0 Å². The molecule has 1 aliphatic heterocycles. The van der Waals surface area contributed by atoms with Gasteiger partial charge in [0, 0.05) is 29.6 Å². The monoisotopic (exact) mass is 381 g/mol. The van der Waals surface area contributed by atoms with Crippen LogP contribution < -0.4 is 5.32 Å². The molecule has 1 aromatic carbocycles. The van der Waals surface area contributed by atoms with Gasteiger partial charge in [0.05, 0.1) is 10.2 Å². The predicted octanol–water partition coefficient (Wildman–Crippen LogP) is 4.67. The van der Waals surface area contributed by atoms with Gasteiger partial charge in [0.1, 0.15) is 10.0 Å². The van der Waals surface area contributed by atoms with Crippen molar-refractivity contribution in [1.29, 1.82) is 0 Å². The molecule has 1 saturated carbocycles. The first-order chi connectivity index (χ1) is 12.7. The maximum atomic E-state index is 12.0. The number of anilines is 1. The van der Waals surface area contributed by atoms with Crippen molar-refractivity contribution in [3.63, 3.8) is 0 Å². The molecule has 2 aromatic heterocycles. The number of rotatable bonds is 4. The fraction of sp³-hybridized carbons (Fsp3) is 0.300. The quantitative estimate of drug-likeness (QED) is 0.668. The molecule has 1 fully saturated rings. The molecule has 2 aliphatic rings. The number of hydrogen-bond acceptors (Lipinski definition) is 5. The first-order valence-corrected chi connectivity index (χ1v) is 10.5. The summed E-state index contributed by atoms with van der Waals surface area (Å²) in [5.41, 5.74) is 3.51. The fourth-order valence-electron chi connectivity index (χ4n) is 3.63. The third-order valence-corrected chi connectivity index (χ3v) is 7.27. The summed E-state index contributed by atoms with van der Waals surface area (Å²) >= 11 is 3.41. The topological polar surface area (TPSA) is 45.2 Å². The van der Waals surface area contributed by atoms with Gasteiger partial charge in [0.25, 0.3) is 0 Å². The average molecular weight is 382 g/mol. The Morgan fingerprint density at radius 1 is 1.31 bits per heavy atom. The molecule has 0 radical (unpaired) electrons. The zero-order valence-corrected chi connectivity index (χ0v) is 16.0. The summed E-state index contributed by atoms with van der Waals surface area (Å²) in [5.74, 6) is -0.162. The number of carbonyl (C=O) groups is 1. The number of nitrogens with one attached hydrogen (secondary N) is 1. The highest BCUT2D eigenvalue weighted by molar-refractivity contribution is 7.22. The zero-order chi connectivity index (χ0) is 17.7. The van der Waals surface area contributed by atoms with Gasteiger partial charge in [0.15, 0.2) is 0 Å². The van der Waals surface area contributed by atoms with E-state index in [9.17, 15) is 4.79 Å². The Bertz CT molecular complexity index is 982. The molecular formula is C20H19N3OS2. The molecule has 132 valence electrons. The normalized spacial score (nSPS) is 17.2. The van der Waals surface area contributed by atoms with E-state index in [2.05, 4.69) is 22.9 Å². The SMILES string of the molecule is C=CC(=O)Nc1sc2c(c1-c1nc3ccccc3s1)CCN(C1CC1)C2. The smallest absolute Gasteiger partial charge is 0.248 e. The fourth-order valence-corrected chi connectivity index (χ4v) is 6.02. The van der Waals surface area contributed by atoms with Crippen molar-refractivity contribution in [2.75, 3.05) is 11.9 Å². The van der Waals surface area contributed by atoms with Crippen molar-refractivity contribution < 1.29 is 4.79 Å². The molecule has 3 aromatic rings. The van der Waals surface area contributed by atoms with Gasteiger partial charge in [0.2, 0.25) is 5.91 Å². The lowest BCUT2D eigenvalue weighted by molar-refractivity contribution is -0.111. The number of nitrogens with zero attached hydrogens (tertiary/aromatic N) is 2. The molecule has 26 heavy (non-hydrogen) atoms. The summed E-state index contributed by atoms with van der Waals surface area (Å²) < 4.78 is 1.18. The molecule has 0 unspecified atom stereocenters. The Labute approximate surface area is 160 Å². The van der Waals surface area contributed by atoms with Crippen LogP contribution in [-0.4, -0.2) is 28.4 Å². The van der Waals surface area contributed by atoms with Crippen molar-refractivity contribution in [2.24, 2.45) is 0 Å². The molecule has 0 bridgehead atoms. The summed E-state index contributed by atoms with van der Waals surface area (Å²) in [7, 11) is 0. The van der Waals surface area contributed by atoms with Gasteiger partial charge in [-0.25, -0.2) is 4.98 Å². The molecule has 0 saturated heterocycles. The maximum absolute atomic E-state index is 12.0. The molecule has 6 heteroatoms. The maximum Gasteiger partial charge on any atom is 0.248 e. The van der Waals surface area contributed by atoms with Crippen LogP contribution in [0, 0.1) is 0 Å². The van der Waals surface area contributed by atoms with Crippen molar-refractivity contribution >= 4 is 43.8 Å². The molecule has 0 spiro atoms. The van der Waals surface area contributed by atoms with Gasteiger partial charge in [-0.15, -0.1) is 22.7 Å². The number of thiophene rings is 1. The van der Waals surface area contributed by atoms with Gasteiger partial charge >= 0.3 is 0 Å². The van der Waals surface area contributed by atoms with E-state index in [1.807, 2.05) is 18.2 Å². The first kappa shape index (κ1) is 16.2. The van der Waals surface area contributed by atoms with Gasteiger partial charge in [-0.2, -0.15) is 0 Å². The van der Waals surface area contributed by atoms with Gasteiger partial charge in [-0.1, -0.05) is 18.7 Å². The number of amides is 1. The second-order valence-electron chi connectivity index (χ2n) is 6.84. The van der Waals surface area contributed by atoms with Crippen LogP contribution in [0.4, 0.5) is 5.00 Å². The van der Waals surface area contributed by atoms with Gasteiger partial charge in [-0.05, 0) is 43.0 Å². The standard InChI is InChI=1S/C20H19N3OS2/c1-2-17(24)22-20-18(19-21-14-5-3-4-6-15(14)25-19)13-9-10-23(12-7-8-12)11-16(13)26-20/h2-6,12H,1,7-11H2,(H,22,24). The lowest BCUT2D eigenvalue weighted by Gasteiger charge is -2.26. The Hall–Kier alpha value is -2.02. The minimum Gasteiger partial charge on any atom is -0.314 e. The van der Waals surface area contributed by atoms with Crippen LogP contribution in [0.25, 0.3) is 20.8 Å². The summed E-state index contributed by atoms with van der Waals surface area (Å²) in [5, 5.41) is 4.95. The van der Waals surface area contributed by atoms with E-state index in [0.29, 0.717) is 0 Å². The number of hydrogen-bond donors (Lipinski definition) is 1. The van der Waals surface area contributed by atoms with Crippen LogP contribution in [0.1, 0.15) is 23.3 Å². The number of benzene rings is 1. The summed E-state index contributed by atoms with van der Waals surface area (Å²) in [6, 6.07) is 8.98. The van der Waals surface area contributed by atoms with Crippen molar-refractivity contribution in [3.05, 3.63) is 47.4 Å². The third kappa shape index (κ3) is 2.78. The number of fused-ring (bicyclic) bond motifs is 2. The van der Waals surface area contributed by atoms with E-state index >= 15 is 0 Å². The highest BCUT2D eigenvalue weighted by Gasteiger charge is 2.34. The largest absolute Gasteiger partial charge is 0.314 e. The van der Waals surface area contributed by atoms with E-state index in [4.69, 9.17) is 4.98 Å². The van der Waals surface area contributed by atoms with Gasteiger partial charge < -0.3 is 5.32 Å². The van der Waals surface area contributed by atoms with Crippen LogP contribution in [0.3, 0.4) is 0 Å². The number of thiazole rings is 1. The minimum atomic E-state index is -0.162. The lowest BCUT2D eigenvalue weighted by atomic mass is 10.0. The molecule has 1 aliphatic carbocycles. The van der Waals surface area contributed by atoms with Gasteiger partial charge in [-0.3, -0.25) is 9.69 Å². The summed E-state index contributed by atoms with van der Waals surface area (Å²) in [6.07, 6.45) is 5.01. The lowest BCUT2D eigenvalue weighted by Crippen LogP contribution is -2.31. The molecular weight excluding hydrogens is 362 g/mol. The molecule has 0 atom stereocenters. The first-order valence-electron chi connectivity index (χ1n) is 8.91. The highest BCUT2D eigenvalue weighted by Crippen LogP contribution is 2.46. The van der Waals surface area contributed by atoms with Crippen LogP contribution in [-0.2, 0) is 17.8 Å². The third-order valence-electron chi connectivity index (χ3n) is 5.08. The zero-order valence-electron chi connectivity index (χ0n) is 14.3. The second kappa shape index (κ2) is 6.30. The number of para-hydroxylation sites is 1. The van der Waals surface area contributed by atoms with E-state index in [0.717, 1.165) is 46.6 Å². The number of carbonyl (C=O) groups excluding carboxylic acids is 1. The second-order valence-corrected chi connectivity index (χ2v) is 8.98. The summed E-state index contributed by atoms with van der Waals surface area (Å²) in [4.78, 5) is 20.8. The Kier molecular flexibility index (Phi) is 3.92. The molecule has 1 N–H and O–H groups in total. The predicted molar refractivity (Wildman–Crippen MR) is 109 cm³/mol. The van der Waals surface area contributed by atoms with E-state index in [1.54, 1.807) is 22.7 Å². The van der Waals surface area contributed by atoms with E-state index in [1.165, 1.54) is 34.1 Å². The van der Waals surface area contributed by atoms with Crippen LogP contribution >= 0.6 is 22.7 Å². The number of aromatic nitrogens is 1. The molecule has 1 amide bonds. The van der Waals surface area contributed by atoms with Crippen LogP contribution in [0.15, 0.2) is 36.9 Å². The van der Waals surface area contributed by atoms with Crippen molar-refractivity contribution in [1.82, 2.24) is 9.88 Å². The van der Waals surface area contributed by atoms with E-state index in [-0.39, 0.29) is 5.91 Å². The molecule has 5 rings (SSSR count). The minimum absolute atomic E-state index is 0.162. The Morgan fingerprint density at radius 3 is 2.92 bits per heavy atom.